The molecular weight excluding hydrogens is 457 g/mol. The number of allylic oxidation sites excluding steroid dienone is 1. The number of carbonyl (C=O) groups excluding carboxylic acids is 1. The second-order valence-electron chi connectivity index (χ2n) is 8.53. The number of ether oxygens (including phenoxy) is 2. The minimum Gasteiger partial charge on any atom is -0.496 e. The number of carbonyl (C=O) groups is 1. The van der Waals surface area contributed by atoms with Crippen molar-refractivity contribution in [2.24, 2.45) is 0 Å². The summed E-state index contributed by atoms with van der Waals surface area (Å²) in [6.45, 7) is 6.71. The zero-order valence-electron chi connectivity index (χ0n) is 21.0. The number of hydrogen-bond donors (Lipinski definition) is 1. The Morgan fingerprint density at radius 2 is 1.86 bits per heavy atom. The Kier molecular flexibility index (Phi) is 7.74. The molecule has 0 aliphatic carbocycles. The molecule has 1 aromatic heterocycles. The Bertz CT molecular complexity index is 1400. The summed E-state index contributed by atoms with van der Waals surface area (Å²) >= 11 is 0. The van der Waals surface area contributed by atoms with Gasteiger partial charge in [0.25, 0.3) is 0 Å². The van der Waals surface area contributed by atoms with Crippen LogP contribution in [-0.2, 0) is 11.2 Å². The predicted octanol–water partition coefficient (Wildman–Crippen LogP) is 6.72. The standard InChI is InChI=1S/C30H30FNO4/c1-5-35-29-20(3)30-25(26(18-36-30)23-8-6-7-9-27(23)34-4)17-24(29)19(2)16-28(33)32-15-14-21-10-12-22(31)13-11-21/h6-13,16-18H,5,14-15H2,1-4H3,(H,32,33)/b19-16+. The van der Waals surface area contributed by atoms with Crippen LogP contribution in [0.1, 0.15) is 30.5 Å². The van der Waals surface area contributed by atoms with Crippen LogP contribution in [0.5, 0.6) is 11.5 Å². The van der Waals surface area contributed by atoms with Crippen molar-refractivity contribution in [3.8, 4) is 22.6 Å². The van der Waals surface area contributed by atoms with Crippen molar-refractivity contribution in [2.75, 3.05) is 20.3 Å². The van der Waals surface area contributed by atoms with Crippen LogP contribution in [0, 0.1) is 12.7 Å². The molecule has 0 aliphatic heterocycles. The van der Waals surface area contributed by atoms with Crippen LogP contribution in [0.3, 0.4) is 0 Å². The first-order valence-corrected chi connectivity index (χ1v) is 11.9. The van der Waals surface area contributed by atoms with Gasteiger partial charge in [-0.2, -0.15) is 0 Å². The van der Waals surface area contributed by atoms with Crippen LogP contribution in [-0.4, -0.2) is 26.2 Å². The molecule has 0 bridgehead atoms. The number of para-hydroxylation sites is 1. The summed E-state index contributed by atoms with van der Waals surface area (Å²) in [5.41, 5.74) is 6.00. The molecule has 3 aromatic carbocycles. The van der Waals surface area contributed by atoms with E-state index >= 15 is 0 Å². The van der Waals surface area contributed by atoms with Gasteiger partial charge in [-0.15, -0.1) is 0 Å². The second-order valence-corrected chi connectivity index (χ2v) is 8.53. The fraction of sp³-hybridized carbons (Fsp3) is 0.233. The average Bonchev–Trinajstić information content (AvgIpc) is 3.31. The molecule has 1 heterocycles. The average molecular weight is 488 g/mol. The maximum atomic E-state index is 13.1. The SMILES string of the molecule is CCOc1c(/C(C)=C/C(=O)NCCc2ccc(F)cc2)cc2c(-c3ccccc3OC)coc2c1C. The highest BCUT2D eigenvalue weighted by molar-refractivity contribution is 6.02. The predicted molar refractivity (Wildman–Crippen MR) is 141 cm³/mol. The van der Waals surface area contributed by atoms with E-state index in [4.69, 9.17) is 13.9 Å². The van der Waals surface area contributed by atoms with Gasteiger partial charge < -0.3 is 19.2 Å². The number of methoxy groups -OCH3 is 1. The fourth-order valence-corrected chi connectivity index (χ4v) is 4.32. The van der Waals surface area contributed by atoms with Crippen molar-refractivity contribution in [3.63, 3.8) is 0 Å². The van der Waals surface area contributed by atoms with E-state index in [1.807, 2.05) is 51.1 Å². The lowest BCUT2D eigenvalue weighted by atomic mass is 9.96. The van der Waals surface area contributed by atoms with Gasteiger partial charge in [-0.05, 0) is 62.6 Å². The molecule has 0 spiro atoms. The highest BCUT2D eigenvalue weighted by atomic mass is 19.1. The molecule has 0 unspecified atom stereocenters. The Labute approximate surface area is 210 Å². The summed E-state index contributed by atoms with van der Waals surface area (Å²) in [7, 11) is 1.65. The van der Waals surface area contributed by atoms with Crippen LogP contribution in [0.25, 0.3) is 27.7 Å². The van der Waals surface area contributed by atoms with E-state index in [1.165, 1.54) is 12.1 Å². The molecule has 0 fully saturated rings. The van der Waals surface area contributed by atoms with Crippen LogP contribution in [0.15, 0.2) is 71.4 Å². The van der Waals surface area contributed by atoms with Crippen molar-refractivity contribution in [1.29, 1.82) is 0 Å². The lowest BCUT2D eigenvalue weighted by Crippen LogP contribution is -2.23. The monoisotopic (exact) mass is 487 g/mol. The first-order valence-electron chi connectivity index (χ1n) is 11.9. The fourth-order valence-electron chi connectivity index (χ4n) is 4.32. The third-order valence-electron chi connectivity index (χ3n) is 6.13. The Morgan fingerprint density at radius 1 is 1.11 bits per heavy atom. The number of amides is 1. The summed E-state index contributed by atoms with van der Waals surface area (Å²) in [6.07, 6.45) is 3.93. The van der Waals surface area contributed by atoms with Crippen LogP contribution >= 0.6 is 0 Å². The summed E-state index contributed by atoms with van der Waals surface area (Å²) in [6, 6.07) is 16.1. The molecule has 186 valence electrons. The van der Waals surface area contributed by atoms with Crippen molar-refractivity contribution < 1.29 is 23.1 Å². The minimum atomic E-state index is -0.273. The minimum absolute atomic E-state index is 0.202. The molecule has 6 heteroatoms. The first-order chi connectivity index (χ1) is 17.4. The topological polar surface area (TPSA) is 60.7 Å². The van der Waals surface area contributed by atoms with Gasteiger partial charge in [-0.25, -0.2) is 4.39 Å². The number of rotatable bonds is 9. The lowest BCUT2D eigenvalue weighted by molar-refractivity contribution is -0.116. The maximum absolute atomic E-state index is 13.1. The van der Waals surface area contributed by atoms with Gasteiger partial charge in [0, 0.05) is 40.3 Å². The lowest BCUT2D eigenvalue weighted by Gasteiger charge is -2.15. The number of aryl methyl sites for hydroxylation is 1. The molecule has 0 atom stereocenters. The zero-order valence-corrected chi connectivity index (χ0v) is 21.0. The molecule has 1 amide bonds. The summed E-state index contributed by atoms with van der Waals surface area (Å²) < 4.78 is 30.6. The smallest absolute Gasteiger partial charge is 0.244 e. The Morgan fingerprint density at radius 3 is 2.58 bits per heavy atom. The quantitative estimate of drug-likeness (QED) is 0.266. The van der Waals surface area contributed by atoms with Gasteiger partial charge in [-0.1, -0.05) is 30.3 Å². The van der Waals surface area contributed by atoms with Crippen molar-refractivity contribution in [3.05, 3.63) is 89.4 Å². The van der Waals surface area contributed by atoms with Crippen molar-refractivity contribution in [2.45, 2.75) is 27.2 Å². The highest BCUT2D eigenvalue weighted by Crippen LogP contribution is 2.42. The molecule has 1 N–H and O–H groups in total. The third kappa shape index (κ3) is 5.28. The number of fused-ring (bicyclic) bond motifs is 1. The van der Waals surface area contributed by atoms with Gasteiger partial charge in [0.15, 0.2) is 0 Å². The van der Waals surface area contributed by atoms with E-state index in [1.54, 1.807) is 31.6 Å². The Balaban J connectivity index is 1.65. The van der Waals surface area contributed by atoms with Gasteiger partial charge in [0.1, 0.15) is 22.9 Å². The molecule has 0 saturated heterocycles. The molecule has 0 saturated carbocycles. The van der Waals surface area contributed by atoms with Gasteiger partial charge in [0.2, 0.25) is 5.91 Å². The number of halogens is 1. The molecule has 0 aliphatic rings. The maximum Gasteiger partial charge on any atom is 0.244 e. The molecule has 5 nitrogen and oxygen atoms in total. The van der Waals surface area contributed by atoms with Crippen molar-refractivity contribution >= 4 is 22.4 Å². The molecule has 4 rings (SSSR count). The molecule has 0 radical (unpaired) electrons. The summed E-state index contributed by atoms with van der Waals surface area (Å²) in [4.78, 5) is 12.7. The number of furan rings is 1. The van der Waals surface area contributed by atoms with E-state index < -0.39 is 0 Å². The van der Waals surface area contributed by atoms with Crippen LogP contribution < -0.4 is 14.8 Å². The van der Waals surface area contributed by atoms with E-state index in [-0.39, 0.29) is 11.7 Å². The van der Waals surface area contributed by atoms with Crippen LogP contribution in [0.4, 0.5) is 4.39 Å². The van der Waals surface area contributed by atoms with E-state index in [9.17, 15) is 9.18 Å². The van der Waals surface area contributed by atoms with E-state index in [2.05, 4.69) is 5.32 Å². The molecule has 36 heavy (non-hydrogen) atoms. The first kappa shape index (κ1) is 25.0. The number of benzene rings is 3. The third-order valence-corrected chi connectivity index (χ3v) is 6.13. The second kappa shape index (κ2) is 11.1. The van der Waals surface area contributed by atoms with Gasteiger partial charge >= 0.3 is 0 Å². The van der Waals surface area contributed by atoms with Crippen LogP contribution in [0.2, 0.25) is 0 Å². The normalized spacial score (nSPS) is 11.5. The largest absolute Gasteiger partial charge is 0.496 e. The summed E-state index contributed by atoms with van der Waals surface area (Å²) in [5.74, 6) is 0.969. The van der Waals surface area contributed by atoms with Crippen molar-refractivity contribution in [1.82, 2.24) is 5.32 Å². The molecule has 4 aromatic rings. The number of hydrogen-bond acceptors (Lipinski definition) is 4. The highest BCUT2D eigenvalue weighted by Gasteiger charge is 2.20. The van der Waals surface area contributed by atoms with E-state index in [0.29, 0.717) is 25.3 Å². The summed E-state index contributed by atoms with van der Waals surface area (Å²) in [5, 5.41) is 3.83. The van der Waals surface area contributed by atoms with Gasteiger partial charge in [0.05, 0.1) is 20.0 Å². The molecular formula is C30H30FNO4. The zero-order chi connectivity index (χ0) is 25.7. The van der Waals surface area contributed by atoms with E-state index in [0.717, 1.165) is 50.1 Å². The number of nitrogens with one attached hydrogen (secondary N) is 1. The Hall–Kier alpha value is -4.06. The van der Waals surface area contributed by atoms with Gasteiger partial charge in [-0.3, -0.25) is 4.79 Å².